The zero-order valence-corrected chi connectivity index (χ0v) is 15.8. The van der Waals surface area contributed by atoms with Crippen molar-refractivity contribution in [2.75, 3.05) is 10.6 Å². The van der Waals surface area contributed by atoms with Crippen molar-refractivity contribution in [1.82, 2.24) is 0 Å². The van der Waals surface area contributed by atoms with Gasteiger partial charge in [-0.2, -0.15) is 0 Å². The van der Waals surface area contributed by atoms with Gasteiger partial charge in [0.1, 0.15) is 0 Å². The highest BCUT2D eigenvalue weighted by Gasteiger charge is 2.08. The summed E-state index contributed by atoms with van der Waals surface area (Å²) in [5, 5.41) is 5.73. The molecule has 0 aliphatic carbocycles. The van der Waals surface area contributed by atoms with E-state index in [-0.39, 0.29) is 11.8 Å². The number of nitrogens with one attached hydrogen (secondary N) is 2. The number of carbonyl (C=O) groups is 2. The van der Waals surface area contributed by atoms with Gasteiger partial charge in [0, 0.05) is 26.9 Å². The number of halogens is 1. The Labute approximate surface area is 156 Å². The predicted molar refractivity (Wildman–Crippen MR) is 106 cm³/mol. The largest absolute Gasteiger partial charge is 0.326 e. The van der Waals surface area contributed by atoms with E-state index in [1.807, 2.05) is 30.3 Å². The molecule has 0 aromatic heterocycles. The second-order valence-electron chi connectivity index (χ2n) is 5.55. The summed E-state index contributed by atoms with van der Waals surface area (Å²) >= 11 is 2.17. The van der Waals surface area contributed by atoms with Gasteiger partial charge in [0.05, 0.1) is 0 Å². The average molecular weight is 436 g/mol. The molecule has 0 saturated heterocycles. The van der Waals surface area contributed by atoms with Gasteiger partial charge in [0.15, 0.2) is 0 Å². The first-order valence-electron chi connectivity index (χ1n) is 8.05. The molecule has 0 aliphatic heterocycles. The number of rotatable bonds is 7. The van der Waals surface area contributed by atoms with E-state index in [0.29, 0.717) is 23.4 Å². The number of carbonyl (C=O) groups excluding carboxylic acids is 2. The van der Waals surface area contributed by atoms with E-state index in [0.717, 1.165) is 22.8 Å². The number of amides is 2. The molecule has 2 amide bonds. The molecule has 24 heavy (non-hydrogen) atoms. The standard InChI is InChI=1S/C19H21IN2O2/c1-2-3-4-11-18(23)21-16-9-6-10-17(13-16)22-19(24)14-7-5-8-15(20)12-14/h5-10,12-13H,2-4,11H2,1H3,(H,21,23)(H,22,24). The number of hydrogen-bond acceptors (Lipinski definition) is 2. The maximum absolute atomic E-state index is 12.3. The topological polar surface area (TPSA) is 58.2 Å². The smallest absolute Gasteiger partial charge is 0.255 e. The number of unbranched alkanes of at least 4 members (excludes halogenated alkanes) is 2. The highest BCUT2D eigenvalue weighted by Crippen LogP contribution is 2.17. The fourth-order valence-electron chi connectivity index (χ4n) is 2.27. The quantitative estimate of drug-likeness (QED) is 0.471. The van der Waals surface area contributed by atoms with E-state index < -0.39 is 0 Å². The highest BCUT2D eigenvalue weighted by molar-refractivity contribution is 14.1. The Bertz CT molecular complexity index is 716. The summed E-state index contributed by atoms with van der Waals surface area (Å²) in [6.07, 6.45) is 3.56. The van der Waals surface area contributed by atoms with Gasteiger partial charge in [0.2, 0.25) is 5.91 Å². The summed E-state index contributed by atoms with van der Waals surface area (Å²) < 4.78 is 1.01. The van der Waals surface area contributed by atoms with E-state index in [9.17, 15) is 9.59 Å². The molecule has 2 N–H and O–H groups in total. The van der Waals surface area contributed by atoms with Gasteiger partial charge >= 0.3 is 0 Å². The normalized spacial score (nSPS) is 10.2. The first-order chi connectivity index (χ1) is 11.6. The molecule has 0 aliphatic rings. The van der Waals surface area contributed by atoms with Crippen LogP contribution in [0.1, 0.15) is 43.0 Å². The van der Waals surface area contributed by atoms with E-state index in [2.05, 4.69) is 40.1 Å². The zero-order valence-electron chi connectivity index (χ0n) is 13.6. The number of benzene rings is 2. The SMILES string of the molecule is CCCCCC(=O)Nc1cccc(NC(=O)c2cccc(I)c2)c1. The molecule has 0 saturated carbocycles. The Morgan fingerprint density at radius 2 is 1.67 bits per heavy atom. The van der Waals surface area contributed by atoms with Crippen LogP contribution in [-0.2, 0) is 4.79 Å². The number of anilines is 2. The van der Waals surface area contributed by atoms with Crippen LogP contribution in [0.5, 0.6) is 0 Å². The fraction of sp³-hybridized carbons (Fsp3) is 0.263. The molecule has 2 aromatic rings. The summed E-state index contributed by atoms with van der Waals surface area (Å²) in [7, 11) is 0. The Balaban J connectivity index is 1.97. The van der Waals surface area contributed by atoms with Crippen molar-refractivity contribution in [3.8, 4) is 0 Å². The first-order valence-corrected chi connectivity index (χ1v) is 9.13. The molecule has 0 bridgehead atoms. The summed E-state index contributed by atoms with van der Waals surface area (Å²) in [6, 6.07) is 14.6. The van der Waals surface area contributed by atoms with E-state index in [4.69, 9.17) is 0 Å². The van der Waals surface area contributed by atoms with Crippen molar-refractivity contribution in [2.45, 2.75) is 32.6 Å². The van der Waals surface area contributed by atoms with Crippen LogP contribution >= 0.6 is 22.6 Å². The van der Waals surface area contributed by atoms with Gasteiger partial charge in [-0.3, -0.25) is 9.59 Å². The van der Waals surface area contributed by atoms with Gasteiger partial charge < -0.3 is 10.6 Å². The van der Waals surface area contributed by atoms with Gasteiger partial charge in [0.25, 0.3) is 5.91 Å². The zero-order chi connectivity index (χ0) is 17.4. The minimum absolute atomic E-state index is 0.00420. The van der Waals surface area contributed by atoms with E-state index in [1.54, 1.807) is 18.2 Å². The average Bonchev–Trinajstić information content (AvgIpc) is 2.55. The van der Waals surface area contributed by atoms with Crippen LogP contribution in [0.25, 0.3) is 0 Å². The van der Waals surface area contributed by atoms with Crippen LogP contribution in [0.3, 0.4) is 0 Å². The van der Waals surface area contributed by atoms with Crippen molar-refractivity contribution in [1.29, 1.82) is 0 Å². The molecule has 0 atom stereocenters. The molecule has 2 aromatic carbocycles. The summed E-state index contributed by atoms with van der Waals surface area (Å²) in [5.41, 5.74) is 1.96. The van der Waals surface area contributed by atoms with Gasteiger partial charge in [-0.15, -0.1) is 0 Å². The minimum atomic E-state index is -0.167. The lowest BCUT2D eigenvalue weighted by Crippen LogP contribution is -2.13. The third-order valence-electron chi connectivity index (χ3n) is 3.50. The second kappa shape index (κ2) is 9.42. The maximum Gasteiger partial charge on any atom is 0.255 e. The van der Waals surface area contributed by atoms with E-state index in [1.165, 1.54) is 0 Å². The summed E-state index contributed by atoms with van der Waals surface area (Å²) in [4.78, 5) is 24.2. The molecular weight excluding hydrogens is 415 g/mol. The highest BCUT2D eigenvalue weighted by atomic mass is 127. The van der Waals surface area contributed by atoms with Crippen LogP contribution in [0.4, 0.5) is 11.4 Å². The lowest BCUT2D eigenvalue weighted by atomic mass is 10.2. The second-order valence-corrected chi connectivity index (χ2v) is 6.80. The Morgan fingerprint density at radius 1 is 0.958 bits per heavy atom. The fourth-order valence-corrected chi connectivity index (χ4v) is 2.81. The summed E-state index contributed by atoms with van der Waals surface area (Å²) in [6.45, 7) is 2.11. The molecule has 126 valence electrons. The van der Waals surface area contributed by atoms with Crippen LogP contribution in [-0.4, -0.2) is 11.8 Å². The number of hydrogen-bond donors (Lipinski definition) is 2. The van der Waals surface area contributed by atoms with Crippen molar-refractivity contribution in [3.63, 3.8) is 0 Å². The van der Waals surface area contributed by atoms with Gasteiger partial charge in [-0.25, -0.2) is 0 Å². The molecule has 0 unspecified atom stereocenters. The minimum Gasteiger partial charge on any atom is -0.326 e. The predicted octanol–water partition coefficient (Wildman–Crippen LogP) is 5.06. The third-order valence-corrected chi connectivity index (χ3v) is 4.17. The molecule has 5 heteroatoms. The Kier molecular flexibility index (Phi) is 7.24. The van der Waals surface area contributed by atoms with Crippen LogP contribution in [0.15, 0.2) is 48.5 Å². The van der Waals surface area contributed by atoms with Crippen LogP contribution < -0.4 is 10.6 Å². The molecule has 0 radical (unpaired) electrons. The molecule has 0 heterocycles. The van der Waals surface area contributed by atoms with Gasteiger partial charge in [-0.05, 0) is 65.4 Å². The van der Waals surface area contributed by atoms with Crippen LogP contribution in [0, 0.1) is 3.57 Å². The van der Waals surface area contributed by atoms with Crippen molar-refractivity contribution < 1.29 is 9.59 Å². The molecule has 0 fully saturated rings. The maximum atomic E-state index is 12.3. The molecule has 4 nitrogen and oxygen atoms in total. The Morgan fingerprint density at radius 3 is 2.38 bits per heavy atom. The Hall–Kier alpha value is -1.89. The summed E-state index contributed by atoms with van der Waals surface area (Å²) in [5.74, 6) is -0.163. The molecule has 2 rings (SSSR count). The lowest BCUT2D eigenvalue weighted by Gasteiger charge is -2.09. The third kappa shape index (κ3) is 5.96. The van der Waals surface area contributed by atoms with Crippen molar-refractivity contribution >= 4 is 45.8 Å². The monoisotopic (exact) mass is 436 g/mol. The first kappa shape index (κ1) is 18.4. The lowest BCUT2D eigenvalue weighted by molar-refractivity contribution is -0.116. The molecule has 0 spiro atoms. The van der Waals surface area contributed by atoms with E-state index >= 15 is 0 Å². The van der Waals surface area contributed by atoms with Crippen molar-refractivity contribution in [2.24, 2.45) is 0 Å². The van der Waals surface area contributed by atoms with Gasteiger partial charge in [-0.1, -0.05) is 31.9 Å². The molecular formula is C19H21IN2O2. The van der Waals surface area contributed by atoms with Crippen molar-refractivity contribution in [3.05, 3.63) is 57.7 Å². The van der Waals surface area contributed by atoms with Crippen LogP contribution in [0.2, 0.25) is 0 Å².